The van der Waals surface area contributed by atoms with Crippen molar-refractivity contribution in [3.8, 4) is 0 Å². The van der Waals surface area contributed by atoms with Gasteiger partial charge < -0.3 is 10.6 Å². The lowest BCUT2D eigenvalue weighted by Crippen LogP contribution is -2.48. The van der Waals surface area contributed by atoms with Crippen LogP contribution in [0.15, 0.2) is 60.7 Å². The van der Waals surface area contributed by atoms with Gasteiger partial charge in [-0.25, -0.2) is 0 Å². The van der Waals surface area contributed by atoms with Gasteiger partial charge in [0.25, 0.3) is 5.91 Å². The number of para-hydroxylation sites is 1. The molecule has 0 spiro atoms. The molecule has 0 saturated carbocycles. The molecule has 3 nitrogen and oxygen atoms in total. The maximum Gasteiger partial charge on any atom is 0.252 e. The highest BCUT2D eigenvalue weighted by molar-refractivity contribution is 9.39. The van der Waals surface area contributed by atoms with Gasteiger partial charge in [-0.15, -0.1) is 0 Å². The fourth-order valence-corrected chi connectivity index (χ4v) is 2.39. The molecule has 0 heterocycles. The molecule has 0 aliphatic rings. The second kappa shape index (κ2) is 7.42. The maximum absolute atomic E-state index is 12.3. The van der Waals surface area contributed by atoms with Crippen LogP contribution < -0.4 is 10.6 Å². The third-order valence-corrected chi connectivity index (χ3v) is 4.10. The monoisotopic (exact) mass is 474 g/mol. The summed E-state index contributed by atoms with van der Waals surface area (Å²) in [5.41, 5.74) is 1.51. The van der Waals surface area contributed by atoms with Crippen molar-refractivity contribution < 1.29 is 4.79 Å². The fourth-order valence-electron chi connectivity index (χ4n) is 1.70. The Balaban J connectivity index is 2.12. The number of anilines is 1. The molecular formula is C15H13Br3N2O. The molecule has 2 aromatic carbocycles. The standard InChI is InChI=1S/C15H13Br3N2O/c16-15(17,18)14(19-12-9-5-2-6-10-12)20-13(21)11-7-3-1-4-8-11/h1-10,14,19H,(H,20,21). The van der Waals surface area contributed by atoms with Gasteiger partial charge in [-0.2, -0.15) is 0 Å². The molecule has 0 aliphatic heterocycles. The van der Waals surface area contributed by atoms with Crippen LogP contribution in [-0.2, 0) is 0 Å². The van der Waals surface area contributed by atoms with Gasteiger partial charge in [-0.3, -0.25) is 4.79 Å². The van der Waals surface area contributed by atoms with Crippen LogP contribution in [0.4, 0.5) is 5.69 Å². The molecule has 110 valence electrons. The van der Waals surface area contributed by atoms with E-state index in [2.05, 4.69) is 58.4 Å². The third kappa shape index (κ3) is 5.13. The van der Waals surface area contributed by atoms with Crippen molar-refractivity contribution in [2.24, 2.45) is 0 Å². The normalized spacial score (nSPS) is 12.5. The Bertz CT molecular complexity index is 585. The predicted molar refractivity (Wildman–Crippen MR) is 97.3 cm³/mol. The molecule has 1 unspecified atom stereocenters. The van der Waals surface area contributed by atoms with Crippen molar-refractivity contribution in [3.05, 3.63) is 66.2 Å². The third-order valence-electron chi connectivity index (χ3n) is 2.72. The first-order valence-corrected chi connectivity index (χ1v) is 8.59. The molecule has 0 bridgehead atoms. The first-order valence-electron chi connectivity index (χ1n) is 6.21. The van der Waals surface area contributed by atoms with Crippen LogP contribution in [0, 0.1) is 0 Å². The minimum Gasteiger partial charge on any atom is -0.363 e. The van der Waals surface area contributed by atoms with Crippen LogP contribution in [0.1, 0.15) is 10.4 Å². The molecule has 2 N–H and O–H groups in total. The molecule has 0 aromatic heterocycles. The summed E-state index contributed by atoms with van der Waals surface area (Å²) in [6.07, 6.45) is -0.410. The van der Waals surface area contributed by atoms with Crippen LogP contribution in [0.2, 0.25) is 0 Å². The van der Waals surface area contributed by atoms with E-state index in [-0.39, 0.29) is 5.91 Å². The Labute approximate surface area is 148 Å². The van der Waals surface area contributed by atoms with Gasteiger partial charge in [0.05, 0.1) is 0 Å². The van der Waals surface area contributed by atoms with Gasteiger partial charge in [0.2, 0.25) is 0 Å². The molecule has 1 atom stereocenters. The smallest absolute Gasteiger partial charge is 0.252 e. The maximum atomic E-state index is 12.3. The highest BCUT2D eigenvalue weighted by Crippen LogP contribution is 2.37. The SMILES string of the molecule is O=C(NC(Nc1ccccc1)C(Br)(Br)Br)c1ccccc1. The minimum absolute atomic E-state index is 0.160. The molecule has 0 radical (unpaired) electrons. The number of benzene rings is 2. The molecule has 2 rings (SSSR count). The fraction of sp³-hybridized carbons (Fsp3) is 0.133. The van der Waals surface area contributed by atoms with Gasteiger partial charge in [-0.05, 0) is 24.3 Å². The van der Waals surface area contributed by atoms with E-state index in [0.717, 1.165) is 5.69 Å². The highest BCUT2D eigenvalue weighted by Gasteiger charge is 2.32. The van der Waals surface area contributed by atoms with Gasteiger partial charge in [0, 0.05) is 11.3 Å². The summed E-state index contributed by atoms with van der Waals surface area (Å²) in [7, 11) is 0. The minimum atomic E-state index is -0.673. The molecule has 2 aromatic rings. The largest absolute Gasteiger partial charge is 0.363 e. The van der Waals surface area contributed by atoms with Gasteiger partial charge in [0.15, 0.2) is 2.14 Å². The Kier molecular flexibility index (Phi) is 5.84. The molecular weight excluding hydrogens is 464 g/mol. The number of amides is 1. The number of rotatable bonds is 4. The molecule has 21 heavy (non-hydrogen) atoms. The summed E-state index contributed by atoms with van der Waals surface area (Å²) >= 11 is 10.4. The van der Waals surface area contributed by atoms with E-state index in [1.54, 1.807) is 12.1 Å². The van der Waals surface area contributed by atoms with Gasteiger partial charge >= 0.3 is 0 Å². The average molecular weight is 477 g/mol. The van der Waals surface area contributed by atoms with Crippen molar-refractivity contribution in [3.63, 3.8) is 0 Å². The Morgan fingerprint density at radius 2 is 1.43 bits per heavy atom. The number of carbonyl (C=O) groups is 1. The predicted octanol–water partition coefficient (Wildman–Crippen LogP) is 4.69. The number of carbonyl (C=O) groups excluding carboxylic acids is 1. The first kappa shape index (κ1) is 16.5. The number of hydrogen-bond donors (Lipinski definition) is 2. The van der Waals surface area contributed by atoms with E-state index in [9.17, 15) is 4.79 Å². The van der Waals surface area contributed by atoms with E-state index >= 15 is 0 Å². The van der Waals surface area contributed by atoms with E-state index in [0.29, 0.717) is 5.56 Å². The van der Waals surface area contributed by atoms with Gasteiger partial charge in [-0.1, -0.05) is 84.2 Å². The van der Waals surface area contributed by atoms with Crippen molar-refractivity contribution in [1.29, 1.82) is 0 Å². The zero-order valence-electron chi connectivity index (χ0n) is 10.9. The Morgan fingerprint density at radius 1 is 0.905 bits per heavy atom. The zero-order valence-corrected chi connectivity index (χ0v) is 15.7. The van der Waals surface area contributed by atoms with Crippen LogP contribution >= 0.6 is 47.8 Å². The van der Waals surface area contributed by atoms with Crippen LogP contribution in [0.25, 0.3) is 0 Å². The molecule has 6 heteroatoms. The van der Waals surface area contributed by atoms with Crippen LogP contribution in [-0.4, -0.2) is 14.2 Å². The highest BCUT2D eigenvalue weighted by atomic mass is 80.0. The lowest BCUT2D eigenvalue weighted by molar-refractivity contribution is 0.0943. The van der Waals surface area contributed by atoms with Crippen molar-refractivity contribution >= 4 is 59.4 Å². The quantitative estimate of drug-likeness (QED) is 0.496. The number of alkyl halides is 3. The first-order chi connectivity index (χ1) is 9.97. The summed E-state index contributed by atoms with van der Waals surface area (Å²) in [6.45, 7) is 0. The van der Waals surface area contributed by atoms with E-state index in [1.807, 2.05) is 48.5 Å². The summed E-state index contributed by atoms with van der Waals surface area (Å²) in [5, 5.41) is 6.18. The Hall–Kier alpha value is -0.850. The van der Waals surface area contributed by atoms with Crippen LogP contribution in [0.5, 0.6) is 0 Å². The number of nitrogens with one attached hydrogen (secondary N) is 2. The second-order valence-corrected chi connectivity index (χ2v) is 11.3. The molecule has 0 aliphatic carbocycles. The molecule has 0 fully saturated rings. The summed E-state index contributed by atoms with van der Waals surface area (Å²) in [5.74, 6) is -0.160. The lowest BCUT2D eigenvalue weighted by atomic mass is 10.2. The van der Waals surface area contributed by atoms with Crippen molar-refractivity contribution in [2.45, 2.75) is 8.31 Å². The summed E-state index contributed by atoms with van der Waals surface area (Å²) < 4.78 is -0.673. The Morgan fingerprint density at radius 3 is 1.95 bits per heavy atom. The second-order valence-electron chi connectivity index (χ2n) is 4.32. The van der Waals surface area contributed by atoms with Crippen LogP contribution in [0.3, 0.4) is 0 Å². The lowest BCUT2D eigenvalue weighted by Gasteiger charge is -2.28. The topological polar surface area (TPSA) is 41.1 Å². The number of hydrogen-bond acceptors (Lipinski definition) is 2. The van der Waals surface area contributed by atoms with Crippen molar-refractivity contribution in [1.82, 2.24) is 5.32 Å². The number of halogens is 3. The summed E-state index contributed by atoms with van der Waals surface area (Å²) in [6, 6.07) is 18.7. The van der Waals surface area contributed by atoms with Crippen molar-refractivity contribution in [2.75, 3.05) is 5.32 Å². The molecule has 1 amide bonds. The average Bonchev–Trinajstić information content (AvgIpc) is 2.47. The van der Waals surface area contributed by atoms with E-state index in [4.69, 9.17) is 0 Å². The zero-order chi connectivity index (χ0) is 15.3. The van der Waals surface area contributed by atoms with E-state index < -0.39 is 8.31 Å². The van der Waals surface area contributed by atoms with E-state index in [1.165, 1.54) is 0 Å². The molecule has 0 saturated heterocycles. The summed E-state index contributed by atoms with van der Waals surface area (Å²) in [4.78, 5) is 12.3. The van der Waals surface area contributed by atoms with Gasteiger partial charge in [0.1, 0.15) is 6.17 Å².